The van der Waals surface area contributed by atoms with Gasteiger partial charge in [0, 0.05) is 36.8 Å². The average molecular weight is 485 g/mol. The first kappa shape index (κ1) is 24.5. The van der Waals surface area contributed by atoms with E-state index in [2.05, 4.69) is 34.0 Å². The summed E-state index contributed by atoms with van der Waals surface area (Å²) in [5.41, 5.74) is 3.18. The van der Waals surface area contributed by atoms with Gasteiger partial charge in [-0.05, 0) is 61.6 Å². The number of aromatic nitrogens is 2. The van der Waals surface area contributed by atoms with Gasteiger partial charge in [-0.25, -0.2) is 9.37 Å². The second kappa shape index (κ2) is 11.2. The predicted molar refractivity (Wildman–Crippen MR) is 138 cm³/mol. The molecule has 2 aromatic carbocycles. The predicted octanol–water partition coefficient (Wildman–Crippen LogP) is 6.57. The highest BCUT2D eigenvalue weighted by molar-refractivity contribution is 6.33. The first-order valence-corrected chi connectivity index (χ1v) is 12.8. The van der Waals surface area contributed by atoms with Gasteiger partial charge in [-0.1, -0.05) is 44.7 Å². The molecule has 1 aromatic heterocycles. The number of imidazole rings is 1. The Morgan fingerprint density at radius 2 is 2.03 bits per heavy atom. The number of nitrogens with one attached hydrogen (secondary N) is 2. The fourth-order valence-electron chi connectivity index (χ4n) is 4.68. The summed E-state index contributed by atoms with van der Waals surface area (Å²) in [5.74, 6) is 1.23. The van der Waals surface area contributed by atoms with Crippen molar-refractivity contribution in [3.8, 4) is 11.4 Å². The van der Waals surface area contributed by atoms with E-state index in [1.54, 1.807) is 6.07 Å². The molecule has 0 aliphatic carbocycles. The Balaban J connectivity index is 1.35. The molecule has 1 fully saturated rings. The van der Waals surface area contributed by atoms with Crippen LogP contribution >= 0.6 is 11.6 Å². The molecule has 2 heterocycles. The molecule has 1 amide bonds. The summed E-state index contributed by atoms with van der Waals surface area (Å²) >= 11 is 6.49. The van der Waals surface area contributed by atoms with Crippen molar-refractivity contribution in [3.63, 3.8) is 0 Å². The number of nitrogens with zero attached hydrogens (tertiary/aromatic N) is 2. The Morgan fingerprint density at radius 3 is 2.79 bits per heavy atom. The minimum Gasteiger partial charge on any atom is -0.371 e. The van der Waals surface area contributed by atoms with E-state index in [4.69, 9.17) is 11.6 Å². The van der Waals surface area contributed by atoms with Crippen LogP contribution in [0.4, 0.5) is 10.1 Å². The average Bonchev–Trinajstić information content (AvgIpc) is 3.26. The maximum Gasteiger partial charge on any atom is 0.223 e. The zero-order valence-corrected chi connectivity index (χ0v) is 20.8. The third-order valence-electron chi connectivity index (χ3n) is 6.87. The van der Waals surface area contributed by atoms with Crippen LogP contribution in [0.3, 0.4) is 0 Å². The van der Waals surface area contributed by atoms with Crippen LogP contribution in [-0.4, -0.2) is 35.5 Å². The Kier molecular flexibility index (Phi) is 8.09. The molecule has 1 saturated heterocycles. The number of unbranched alkanes of at least 4 members (excludes halogenated alkanes) is 1. The molecule has 0 bridgehead atoms. The molecule has 1 aliphatic rings. The zero-order valence-electron chi connectivity index (χ0n) is 20.0. The Hall–Kier alpha value is -2.60. The number of anilines is 1. The van der Waals surface area contributed by atoms with Crippen molar-refractivity contribution in [3.05, 3.63) is 47.2 Å². The number of fused-ring (bicyclic) bond motifs is 1. The summed E-state index contributed by atoms with van der Waals surface area (Å²) in [6.07, 6.45) is 6.43. The maximum absolute atomic E-state index is 13.6. The zero-order chi connectivity index (χ0) is 24.1. The lowest BCUT2D eigenvalue weighted by Gasteiger charge is -2.33. The molecule has 182 valence electrons. The van der Waals surface area contributed by atoms with Gasteiger partial charge in [-0.15, -0.1) is 0 Å². The van der Waals surface area contributed by atoms with E-state index in [0.717, 1.165) is 50.1 Å². The first-order chi connectivity index (χ1) is 16.4. The number of hydrogen-bond donors (Lipinski definition) is 2. The fourth-order valence-corrected chi connectivity index (χ4v) is 4.89. The van der Waals surface area contributed by atoms with Crippen LogP contribution in [0.1, 0.15) is 52.4 Å². The SMILES string of the molecule is CCCCC(C)CCNC(=O)C1CCN(c2ccc(Cl)c(-c3nc4ccc(F)cc4[nH]3)c2)CC1. The number of benzene rings is 2. The lowest BCUT2D eigenvalue weighted by atomic mass is 9.95. The molecule has 3 aromatic rings. The van der Waals surface area contributed by atoms with Crippen LogP contribution in [0.5, 0.6) is 0 Å². The van der Waals surface area contributed by atoms with Crippen LogP contribution in [0.2, 0.25) is 5.02 Å². The van der Waals surface area contributed by atoms with E-state index in [0.29, 0.717) is 27.8 Å². The van der Waals surface area contributed by atoms with E-state index >= 15 is 0 Å². The van der Waals surface area contributed by atoms with Crippen molar-refractivity contribution in [2.45, 2.75) is 52.4 Å². The molecule has 5 nitrogen and oxygen atoms in total. The van der Waals surface area contributed by atoms with E-state index in [1.165, 1.54) is 31.4 Å². The third-order valence-corrected chi connectivity index (χ3v) is 7.20. The van der Waals surface area contributed by atoms with E-state index < -0.39 is 0 Å². The lowest BCUT2D eigenvalue weighted by Crippen LogP contribution is -2.41. The number of piperidine rings is 1. The molecule has 0 saturated carbocycles. The molecule has 0 radical (unpaired) electrons. The van der Waals surface area contributed by atoms with Crippen LogP contribution in [-0.2, 0) is 4.79 Å². The highest BCUT2D eigenvalue weighted by Crippen LogP contribution is 2.33. The van der Waals surface area contributed by atoms with Crippen molar-refractivity contribution in [1.82, 2.24) is 15.3 Å². The summed E-state index contributed by atoms with van der Waals surface area (Å²) in [6, 6.07) is 10.4. The standard InChI is InChI=1S/C27H34ClFN4O/c1-3-4-5-18(2)10-13-30-27(34)19-11-14-33(15-12-19)21-7-8-23(28)22(17-21)26-31-24-9-6-20(29)16-25(24)32-26/h6-9,16-19H,3-5,10-15H2,1-2H3,(H,30,34)(H,31,32). The Bertz CT molecular complexity index is 1120. The molecular formula is C27H34ClFN4O. The van der Waals surface area contributed by atoms with Crippen LogP contribution in [0.25, 0.3) is 22.4 Å². The molecular weight excluding hydrogens is 451 g/mol. The smallest absolute Gasteiger partial charge is 0.223 e. The highest BCUT2D eigenvalue weighted by atomic mass is 35.5. The number of hydrogen-bond acceptors (Lipinski definition) is 3. The molecule has 34 heavy (non-hydrogen) atoms. The summed E-state index contributed by atoms with van der Waals surface area (Å²) in [5, 5.41) is 3.74. The van der Waals surface area contributed by atoms with Gasteiger partial charge in [0.05, 0.1) is 16.1 Å². The minimum atomic E-state index is -0.305. The number of rotatable bonds is 9. The van der Waals surface area contributed by atoms with Crippen molar-refractivity contribution in [1.29, 1.82) is 0 Å². The van der Waals surface area contributed by atoms with Crippen molar-refractivity contribution in [2.75, 3.05) is 24.5 Å². The summed E-state index contributed by atoms with van der Waals surface area (Å²) < 4.78 is 13.6. The van der Waals surface area contributed by atoms with Gasteiger partial charge in [0.15, 0.2) is 0 Å². The summed E-state index contributed by atoms with van der Waals surface area (Å²) in [4.78, 5) is 22.7. The molecule has 1 atom stereocenters. The Morgan fingerprint density at radius 1 is 1.24 bits per heavy atom. The van der Waals surface area contributed by atoms with Crippen molar-refractivity contribution in [2.24, 2.45) is 11.8 Å². The van der Waals surface area contributed by atoms with E-state index in [1.807, 2.05) is 18.2 Å². The summed E-state index contributed by atoms with van der Waals surface area (Å²) in [7, 11) is 0. The number of carbonyl (C=O) groups excluding carboxylic acids is 1. The van der Waals surface area contributed by atoms with Crippen LogP contribution in [0.15, 0.2) is 36.4 Å². The second-order valence-electron chi connectivity index (χ2n) is 9.50. The van der Waals surface area contributed by atoms with Gasteiger partial charge >= 0.3 is 0 Å². The lowest BCUT2D eigenvalue weighted by molar-refractivity contribution is -0.125. The Labute approximate surface area is 206 Å². The monoisotopic (exact) mass is 484 g/mol. The first-order valence-electron chi connectivity index (χ1n) is 12.4. The van der Waals surface area contributed by atoms with Crippen molar-refractivity contribution >= 4 is 34.2 Å². The largest absolute Gasteiger partial charge is 0.371 e. The molecule has 2 N–H and O–H groups in total. The van der Waals surface area contributed by atoms with Crippen LogP contribution in [0, 0.1) is 17.7 Å². The number of aromatic amines is 1. The van der Waals surface area contributed by atoms with E-state index in [-0.39, 0.29) is 17.6 Å². The molecule has 1 unspecified atom stereocenters. The molecule has 0 spiro atoms. The third kappa shape index (κ3) is 5.90. The molecule has 4 rings (SSSR count). The molecule has 1 aliphatic heterocycles. The van der Waals surface area contributed by atoms with Gasteiger partial charge < -0.3 is 15.2 Å². The quantitative estimate of drug-likeness (QED) is 0.361. The van der Waals surface area contributed by atoms with Gasteiger partial charge in [0.25, 0.3) is 0 Å². The van der Waals surface area contributed by atoms with Crippen LogP contribution < -0.4 is 10.2 Å². The number of carbonyl (C=O) groups is 1. The minimum absolute atomic E-state index is 0.0687. The van der Waals surface area contributed by atoms with Gasteiger partial charge in [0.2, 0.25) is 5.91 Å². The van der Waals surface area contributed by atoms with Gasteiger partial charge in [-0.3, -0.25) is 4.79 Å². The summed E-state index contributed by atoms with van der Waals surface area (Å²) in [6.45, 7) is 6.89. The maximum atomic E-state index is 13.6. The normalized spacial score (nSPS) is 15.6. The van der Waals surface area contributed by atoms with E-state index in [9.17, 15) is 9.18 Å². The topological polar surface area (TPSA) is 61.0 Å². The number of halogens is 2. The number of H-pyrrole nitrogens is 1. The van der Waals surface area contributed by atoms with Crippen molar-refractivity contribution < 1.29 is 9.18 Å². The highest BCUT2D eigenvalue weighted by Gasteiger charge is 2.25. The fraction of sp³-hybridized carbons (Fsp3) is 0.481. The number of amides is 1. The molecule has 7 heteroatoms. The van der Waals surface area contributed by atoms with Gasteiger partial charge in [0.1, 0.15) is 11.6 Å². The second-order valence-corrected chi connectivity index (χ2v) is 9.91. The van der Waals surface area contributed by atoms with Gasteiger partial charge in [-0.2, -0.15) is 0 Å².